The number of carbonyl (C=O) groups is 3. The number of amides is 3. The van der Waals surface area contributed by atoms with Gasteiger partial charge in [0.15, 0.2) is 0 Å². The molecule has 1 aliphatic rings. The van der Waals surface area contributed by atoms with E-state index in [0.29, 0.717) is 30.0 Å². The van der Waals surface area contributed by atoms with Crippen LogP contribution in [0.1, 0.15) is 23.2 Å². The quantitative estimate of drug-likeness (QED) is 0.620. The van der Waals surface area contributed by atoms with Crippen molar-refractivity contribution in [2.24, 2.45) is 5.73 Å². The lowest BCUT2D eigenvalue weighted by Crippen LogP contribution is -2.27. The summed E-state index contributed by atoms with van der Waals surface area (Å²) in [5.74, 6) is -0.832. The smallest absolute Gasteiger partial charge is 0.255 e. The minimum Gasteiger partial charge on any atom is -0.369 e. The highest BCUT2D eigenvalue weighted by Crippen LogP contribution is 2.27. The minimum atomic E-state index is -0.438. The molecule has 8 heteroatoms. The number of primary amides is 1. The van der Waals surface area contributed by atoms with Crippen molar-refractivity contribution in [2.75, 3.05) is 23.0 Å². The van der Waals surface area contributed by atoms with Gasteiger partial charge in [-0.25, -0.2) is 0 Å². The SMILES string of the molecule is NC(=O)CSc1ccccc1NC(=O)c1cccc(NC(=O)C2CCCO2)c1. The van der Waals surface area contributed by atoms with E-state index in [9.17, 15) is 14.4 Å². The summed E-state index contributed by atoms with van der Waals surface area (Å²) < 4.78 is 5.37. The van der Waals surface area contributed by atoms with Gasteiger partial charge in [0.2, 0.25) is 5.91 Å². The molecule has 1 saturated heterocycles. The average molecular weight is 399 g/mol. The van der Waals surface area contributed by atoms with Crippen LogP contribution in [-0.4, -0.2) is 36.2 Å². The molecule has 1 atom stereocenters. The summed E-state index contributed by atoms with van der Waals surface area (Å²) in [5.41, 5.74) is 6.72. The van der Waals surface area contributed by atoms with Crippen molar-refractivity contribution < 1.29 is 19.1 Å². The number of hydrogen-bond donors (Lipinski definition) is 3. The number of nitrogens with one attached hydrogen (secondary N) is 2. The summed E-state index contributed by atoms with van der Waals surface area (Å²) in [6.45, 7) is 0.591. The second kappa shape index (κ2) is 9.38. The van der Waals surface area contributed by atoms with Crippen molar-refractivity contribution in [2.45, 2.75) is 23.8 Å². The predicted octanol–water partition coefficient (Wildman–Crippen LogP) is 2.63. The fourth-order valence-corrected chi connectivity index (χ4v) is 3.53. The van der Waals surface area contributed by atoms with Crippen LogP contribution in [0, 0.1) is 0 Å². The molecule has 0 aliphatic carbocycles. The third kappa shape index (κ3) is 5.34. The average Bonchev–Trinajstić information content (AvgIpc) is 3.22. The molecule has 0 aromatic heterocycles. The lowest BCUT2D eigenvalue weighted by atomic mass is 10.1. The number of para-hydroxylation sites is 1. The van der Waals surface area contributed by atoms with Crippen molar-refractivity contribution >= 4 is 40.9 Å². The van der Waals surface area contributed by atoms with Gasteiger partial charge in [0.1, 0.15) is 6.10 Å². The molecule has 1 aliphatic heterocycles. The fraction of sp³-hybridized carbons (Fsp3) is 0.250. The maximum Gasteiger partial charge on any atom is 0.255 e. The van der Waals surface area contributed by atoms with Crippen LogP contribution in [0.2, 0.25) is 0 Å². The molecule has 2 aromatic carbocycles. The molecule has 7 nitrogen and oxygen atoms in total. The van der Waals surface area contributed by atoms with Gasteiger partial charge in [-0.2, -0.15) is 0 Å². The van der Waals surface area contributed by atoms with Gasteiger partial charge in [0, 0.05) is 22.8 Å². The molecule has 1 fully saturated rings. The molecule has 1 unspecified atom stereocenters. The van der Waals surface area contributed by atoms with Crippen LogP contribution in [0.5, 0.6) is 0 Å². The van der Waals surface area contributed by atoms with E-state index in [1.54, 1.807) is 36.4 Å². The van der Waals surface area contributed by atoms with E-state index in [1.165, 1.54) is 11.8 Å². The first-order chi connectivity index (χ1) is 13.5. The molecule has 0 spiro atoms. The Labute approximate surface area is 167 Å². The first-order valence-electron chi connectivity index (χ1n) is 8.87. The van der Waals surface area contributed by atoms with Gasteiger partial charge in [0.25, 0.3) is 11.8 Å². The van der Waals surface area contributed by atoms with Gasteiger partial charge in [-0.1, -0.05) is 18.2 Å². The van der Waals surface area contributed by atoms with Crippen LogP contribution < -0.4 is 16.4 Å². The number of nitrogens with two attached hydrogens (primary N) is 1. The monoisotopic (exact) mass is 399 g/mol. The molecule has 3 rings (SSSR count). The lowest BCUT2D eigenvalue weighted by molar-refractivity contribution is -0.124. The number of hydrogen-bond acceptors (Lipinski definition) is 5. The summed E-state index contributed by atoms with van der Waals surface area (Å²) in [6.07, 6.45) is 1.13. The highest BCUT2D eigenvalue weighted by molar-refractivity contribution is 8.00. The standard InChI is InChI=1S/C20H21N3O4S/c21-18(24)12-28-17-9-2-1-7-15(17)23-19(25)13-5-3-6-14(11-13)22-20(26)16-8-4-10-27-16/h1-3,5-7,9,11,16H,4,8,10,12H2,(H2,21,24)(H,22,26)(H,23,25). The van der Waals surface area contributed by atoms with Crippen molar-refractivity contribution in [3.63, 3.8) is 0 Å². The summed E-state index contributed by atoms with van der Waals surface area (Å²) in [4.78, 5) is 36.6. The van der Waals surface area contributed by atoms with Crippen LogP contribution in [0.4, 0.5) is 11.4 Å². The second-order valence-corrected chi connectivity index (χ2v) is 7.29. The van der Waals surface area contributed by atoms with Crippen molar-refractivity contribution in [1.82, 2.24) is 0 Å². The normalized spacial score (nSPS) is 15.8. The van der Waals surface area contributed by atoms with Crippen LogP contribution in [-0.2, 0) is 14.3 Å². The van der Waals surface area contributed by atoms with Crippen molar-refractivity contribution in [1.29, 1.82) is 0 Å². The highest BCUT2D eigenvalue weighted by atomic mass is 32.2. The lowest BCUT2D eigenvalue weighted by Gasteiger charge is -2.12. The Morgan fingerprint density at radius 2 is 1.93 bits per heavy atom. The first-order valence-corrected chi connectivity index (χ1v) is 9.85. The first kappa shape index (κ1) is 19.9. The van der Waals surface area contributed by atoms with E-state index in [0.717, 1.165) is 11.3 Å². The van der Waals surface area contributed by atoms with Crippen molar-refractivity contribution in [3.05, 3.63) is 54.1 Å². The largest absolute Gasteiger partial charge is 0.369 e. The van der Waals surface area contributed by atoms with Gasteiger partial charge in [-0.3, -0.25) is 14.4 Å². The third-order valence-corrected chi connectivity index (χ3v) is 5.22. The maximum absolute atomic E-state index is 12.6. The number of rotatable bonds is 7. The molecule has 28 heavy (non-hydrogen) atoms. The predicted molar refractivity (Wildman–Crippen MR) is 108 cm³/mol. The molecule has 3 amide bonds. The molecule has 4 N–H and O–H groups in total. The van der Waals surface area contributed by atoms with Gasteiger partial charge >= 0.3 is 0 Å². The number of ether oxygens (including phenoxy) is 1. The van der Waals surface area contributed by atoms with Crippen molar-refractivity contribution in [3.8, 4) is 0 Å². The van der Waals surface area contributed by atoms with E-state index in [4.69, 9.17) is 10.5 Å². The molecule has 1 heterocycles. The van der Waals surface area contributed by atoms with E-state index in [2.05, 4.69) is 10.6 Å². The minimum absolute atomic E-state index is 0.123. The fourth-order valence-electron chi connectivity index (χ4n) is 2.78. The van der Waals surface area contributed by atoms with E-state index in [-0.39, 0.29) is 17.6 Å². The number of anilines is 2. The zero-order valence-electron chi connectivity index (χ0n) is 15.1. The zero-order chi connectivity index (χ0) is 19.9. The Bertz CT molecular complexity index is 881. The Morgan fingerprint density at radius 1 is 1.11 bits per heavy atom. The molecule has 146 valence electrons. The zero-order valence-corrected chi connectivity index (χ0v) is 16.0. The third-order valence-electron chi connectivity index (χ3n) is 4.12. The van der Waals surface area contributed by atoms with E-state index in [1.807, 2.05) is 12.1 Å². The van der Waals surface area contributed by atoms with Crippen LogP contribution in [0.3, 0.4) is 0 Å². The van der Waals surface area contributed by atoms with Gasteiger partial charge < -0.3 is 21.1 Å². The molecular formula is C20H21N3O4S. The van der Waals surface area contributed by atoms with E-state index >= 15 is 0 Å². The summed E-state index contributed by atoms with van der Waals surface area (Å²) in [7, 11) is 0. The van der Waals surface area contributed by atoms with Gasteiger partial charge in [0.05, 0.1) is 11.4 Å². The van der Waals surface area contributed by atoms with Crippen LogP contribution in [0.25, 0.3) is 0 Å². The number of carbonyl (C=O) groups excluding carboxylic acids is 3. The Hall–Kier alpha value is -2.84. The van der Waals surface area contributed by atoms with Gasteiger partial charge in [-0.05, 0) is 43.2 Å². The number of benzene rings is 2. The Morgan fingerprint density at radius 3 is 2.68 bits per heavy atom. The molecule has 2 aromatic rings. The summed E-state index contributed by atoms with van der Waals surface area (Å²) in [6, 6.07) is 13.9. The van der Waals surface area contributed by atoms with Crippen LogP contribution in [0.15, 0.2) is 53.4 Å². The Balaban J connectivity index is 1.68. The summed E-state index contributed by atoms with van der Waals surface area (Å²) in [5, 5.41) is 5.62. The highest BCUT2D eigenvalue weighted by Gasteiger charge is 2.23. The molecule has 0 radical (unpaired) electrons. The van der Waals surface area contributed by atoms with Crippen LogP contribution >= 0.6 is 11.8 Å². The molecule has 0 bridgehead atoms. The van der Waals surface area contributed by atoms with Gasteiger partial charge in [-0.15, -0.1) is 11.8 Å². The molecular weight excluding hydrogens is 378 g/mol. The second-order valence-electron chi connectivity index (χ2n) is 6.28. The Kier molecular flexibility index (Phi) is 6.67. The number of thioether (sulfide) groups is 1. The topological polar surface area (TPSA) is 111 Å². The summed E-state index contributed by atoms with van der Waals surface area (Å²) >= 11 is 1.26. The maximum atomic E-state index is 12.6. The van der Waals surface area contributed by atoms with E-state index < -0.39 is 12.0 Å². The molecule has 0 saturated carbocycles.